The largest absolute Gasteiger partial charge is 0.480 e. The molecule has 0 aliphatic carbocycles. The first kappa shape index (κ1) is 5.94. The van der Waals surface area contributed by atoms with Crippen LogP contribution in [0.2, 0.25) is 0 Å². The summed E-state index contributed by atoms with van der Waals surface area (Å²) in [6.45, 7) is 0. The number of hydrogen-bond acceptors (Lipinski definition) is 2. The molecular formula is C3H2O4. The third-order valence-electron chi connectivity index (χ3n) is 0.214. The lowest BCUT2D eigenvalue weighted by molar-refractivity contribution is -0.140. The summed E-state index contributed by atoms with van der Waals surface area (Å²) in [7, 11) is 0. The minimum atomic E-state index is -1.56. The first-order valence-electron chi connectivity index (χ1n) is 1.36. The van der Waals surface area contributed by atoms with Gasteiger partial charge in [0.25, 0.3) is 0 Å². The van der Waals surface area contributed by atoms with Crippen molar-refractivity contribution < 1.29 is 19.8 Å². The Labute approximate surface area is 39.4 Å². The van der Waals surface area contributed by atoms with Gasteiger partial charge in [-0.05, 0) is 0 Å². The number of aliphatic carboxylic acids is 2. The van der Waals surface area contributed by atoms with Gasteiger partial charge in [0.2, 0.25) is 6.42 Å². The van der Waals surface area contributed by atoms with Gasteiger partial charge in [-0.3, -0.25) is 9.59 Å². The van der Waals surface area contributed by atoms with Crippen molar-refractivity contribution >= 4 is 11.9 Å². The van der Waals surface area contributed by atoms with E-state index in [0.717, 1.165) is 6.42 Å². The van der Waals surface area contributed by atoms with E-state index in [9.17, 15) is 9.59 Å². The predicted molar refractivity (Wildman–Crippen MR) is 18.5 cm³/mol. The molecule has 0 rings (SSSR count). The van der Waals surface area contributed by atoms with Gasteiger partial charge in [0.05, 0.1) is 0 Å². The lowest BCUT2D eigenvalue weighted by atomic mass is 10.5. The van der Waals surface area contributed by atoms with Gasteiger partial charge >= 0.3 is 11.9 Å². The van der Waals surface area contributed by atoms with Crippen molar-refractivity contribution in [2.24, 2.45) is 0 Å². The van der Waals surface area contributed by atoms with E-state index in [2.05, 4.69) is 0 Å². The molecule has 0 aromatic carbocycles. The quantitative estimate of drug-likeness (QED) is 0.480. The lowest BCUT2D eigenvalue weighted by Gasteiger charge is -1.77. The zero-order valence-corrected chi connectivity index (χ0v) is 3.21. The molecular weight excluding hydrogens is 100 g/mol. The number of carbonyl (C=O) groups is 2. The van der Waals surface area contributed by atoms with Crippen LogP contribution in [-0.2, 0) is 9.59 Å². The van der Waals surface area contributed by atoms with E-state index in [1.807, 2.05) is 0 Å². The molecule has 0 spiro atoms. The van der Waals surface area contributed by atoms with Crippen LogP contribution >= 0.6 is 0 Å². The van der Waals surface area contributed by atoms with E-state index in [1.165, 1.54) is 0 Å². The Bertz CT molecular complexity index is 83.1. The van der Waals surface area contributed by atoms with Crippen molar-refractivity contribution in [3.8, 4) is 0 Å². The van der Waals surface area contributed by atoms with E-state index in [4.69, 9.17) is 10.2 Å². The van der Waals surface area contributed by atoms with Crippen LogP contribution in [0.3, 0.4) is 0 Å². The number of rotatable bonds is 2. The molecule has 0 aliphatic rings. The highest BCUT2D eigenvalue weighted by Crippen LogP contribution is 1.72. The zero-order valence-electron chi connectivity index (χ0n) is 3.21. The molecule has 4 heteroatoms. The second-order valence-corrected chi connectivity index (χ2v) is 0.735. The standard InChI is InChI=1S/C3H2O4/c4-2(5)1-3(6)7/h(H,4,5)(H,6,7). The Morgan fingerprint density at radius 2 is 1.43 bits per heavy atom. The third-order valence-corrected chi connectivity index (χ3v) is 0.214. The summed E-state index contributed by atoms with van der Waals surface area (Å²) in [5.41, 5.74) is 0. The molecule has 0 saturated carbocycles. The molecule has 0 atom stereocenters. The van der Waals surface area contributed by atoms with Crippen LogP contribution in [0, 0.1) is 6.42 Å². The molecule has 0 heterocycles. The van der Waals surface area contributed by atoms with Gasteiger partial charge in [-0.1, -0.05) is 0 Å². The molecule has 0 saturated heterocycles. The molecule has 0 fully saturated rings. The average molecular weight is 102 g/mol. The van der Waals surface area contributed by atoms with E-state index in [0.29, 0.717) is 0 Å². The molecule has 7 heavy (non-hydrogen) atoms. The normalized spacial score (nSPS) is 8.00. The summed E-state index contributed by atoms with van der Waals surface area (Å²) in [4.78, 5) is 18.6. The summed E-state index contributed by atoms with van der Waals surface area (Å²) in [5, 5.41) is 15.2. The number of carboxylic acids is 2. The number of hydrogen-bond donors (Lipinski definition) is 2. The second-order valence-electron chi connectivity index (χ2n) is 0.735. The lowest BCUT2D eigenvalue weighted by Crippen LogP contribution is -2.05. The molecule has 4 nitrogen and oxygen atoms in total. The molecule has 0 aromatic rings. The van der Waals surface area contributed by atoms with Gasteiger partial charge in [-0.15, -0.1) is 0 Å². The molecule has 2 radical (unpaired) electrons. The Hall–Kier alpha value is -1.06. The molecule has 0 unspecified atom stereocenters. The predicted octanol–water partition coefficient (Wildman–Crippen LogP) is -0.763. The van der Waals surface area contributed by atoms with Gasteiger partial charge in [0, 0.05) is 0 Å². The van der Waals surface area contributed by atoms with Crippen LogP contribution in [0.1, 0.15) is 0 Å². The van der Waals surface area contributed by atoms with Gasteiger partial charge in [0.15, 0.2) is 0 Å². The summed E-state index contributed by atoms with van der Waals surface area (Å²) in [5.74, 6) is -3.12. The van der Waals surface area contributed by atoms with Gasteiger partial charge in [-0.25, -0.2) is 0 Å². The Balaban J connectivity index is 3.32. The maximum atomic E-state index is 9.32. The van der Waals surface area contributed by atoms with E-state index < -0.39 is 11.9 Å². The molecule has 0 aromatic heterocycles. The van der Waals surface area contributed by atoms with Crippen LogP contribution in [0.15, 0.2) is 0 Å². The highest BCUT2D eigenvalue weighted by Gasteiger charge is 2.04. The van der Waals surface area contributed by atoms with E-state index >= 15 is 0 Å². The zero-order chi connectivity index (χ0) is 5.86. The third kappa shape index (κ3) is 4.94. The molecule has 38 valence electrons. The summed E-state index contributed by atoms with van der Waals surface area (Å²) in [6, 6.07) is 0. The fourth-order valence-corrected chi connectivity index (χ4v) is 0.0915. The van der Waals surface area contributed by atoms with E-state index in [-0.39, 0.29) is 0 Å². The highest BCUT2D eigenvalue weighted by molar-refractivity contribution is 6.01. The van der Waals surface area contributed by atoms with Crippen molar-refractivity contribution in [3.05, 3.63) is 6.42 Å². The van der Waals surface area contributed by atoms with Crippen molar-refractivity contribution in [2.45, 2.75) is 0 Å². The van der Waals surface area contributed by atoms with Crippen molar-refractivity contribution in [3.63, 3.8) is 0 Å². The maximum Gasteiger partial charge on any atom is 0.324 e. The molecule has 0 amide bonds. The number of carboxylic acid groups (broad SMARTS) is 2. The van der Waals surface area contributed by atoms with Crippen LogP contribution in [0.4, 0.5) is 0 Å². The van der Waals surface area contributed by atoms with Crippen LogP contribution in [0.5, 0.6) is 0 Å². The van der Waals surface area contributed by atoms with Gasteiger partial charge in [0.1, 0.15) is 0 Å². The molecule has 0 bridgehead atoms. The van der Waals surface area contributed by atoms with Crippen LogP contribution in [-0.4, -0.2) is 22.2 Å². The van der Waals surface area contributed by atoms with Crippen molar-refractivity contribution in [2.75, 3.05) is 0 Å². The Morgan fingerprint density at radius 1 is 1.14 bits per heavy atom. The first-order chi connectivity index (χ1) is 3.13. The Morgan fingerprint density at radius 3 is 1.43 bits per heavy atom. The summed E-state index contributed by atoms with van der Waals surface area (Å²) in [6.07, 6.45) is 1.14. The Kier molecular flexibility index (Phi) is 1.84. The van der Waals surface area contributed by atoms with Crippen molar-refractivity contribution in [1.29, 1.82) is 0 Å². The van der Waals surface area contributed by atoms with Crippen molar-refractivity contribution in [1.82, 2.24) is 0 Å². The topological polar surface area (TPSA) is 74.6 Å². The first-order valence-corrected chi connectivity index (χ1v) is 1.36. The summed E-state index contributed by atoms with van der Waals surface area (Å²) >= 11 is 0. The monoisotopic (exact) mass is 102 g/mol. The molecule has 2 N–H and O–H groups in total. The van der Waals surface area contributed by atoms with Crippen LogP contribution in [0.25, 0.3) is 0 Å². The average Bonchev–Trinajstić information content (AvgIpc) is 1.27. The van der Waals surface area contributed by atoms with E-state index in [1.54, 1.807) is 0 Å². The van der Waals surface area contributed by atoms with Gasteiger partial charge < -0.3 is 10.2 Å². The fourth-order valence-electron chi connectivity index (χ4n) is 0.0915. The minimum Gasteiger partial charge on any atom is -0.480 e. The van der Waals surface area contributed by atoms with Gasteiger partial charge in [-0.2, -0.15) is 0 Å². The smallest absolute Gasteiger partial charge is 0.324 e. The SMILES string of the molecule is O=C(O)[C]C(=O)O. The summed E-state index contributed by atoms with van der Waals surface area (Å²) < 4.78 is 0. The molecule has 0 aliphatic heterocycles. The van der Waals surface area contributed by atoms with Crippen LogP contribution < -0.4 is 0 Å². The minimum absolute atomic E-state index is 1.14. The fraction of sp³-hybridized carbons (Fsp3) is 0. The second kappa shape index (κ2) is 2.17. The maximum absolute atomic E-state index is 9.32. The highest BCUT2D eigenvalue weighted by atomic mass is 16.4.